The van der Waals surface area contributed by atoms with Crippen LogP contribution in [0.4, 0.5) is 0 Å². The monoisotopic (exact) mass is 334 g/mol. The van der Waals surface area contributed by atoms with Gasteiger partial charge in [0.2, 0.25) is 0 Å². The molecule has 0 aliphatic heterocycles. The van der Waals surface area contributed by atoms with Crippen molar-refractivity contribution in [2.45, 2.75) is 12.8 Å². The number of hydrogen-bond donors (Lipinski definition) is 0. The Morgan fingerprint density at radius 2 is 1.12 bits per heavy atom. The van der Waals surface area contributed by atoms with Gasteiger partial charge in [-0.05, 0) is 47.5 Å². The summed E-state index contributed by atoms with van der Waals surface area (Å²) in [6, 6.07) is 25.3. The van der Waals surface area contributed by atoms with Crippen LogP contribution in [-0.4, -0.2) is 5.78 Å². The van der Waals surface area contributed by atoms with Crippen molar-refractivity contribution in [1.82, 2.24) is 0 Å². The summed E-state index contributed by atoms with van der Waals surface area (Å²) >= 11 is 0. The molecule has 3 rings (SSSR count). The Bertz CT molecular complexity index is 977. The van der Waals surface area contributed by atoms with E-state index in [-0.39, 0.29) is 5.78 Å². The van der Waals surface area contributed by atoms with Crippen molar-refractivity contribution in [2.75, 3.05) is 0 Å². The topological polar surface area (TPSA) is 17.1 Å². The van der Waals surface area contributed by atoms with Crippen LogP contribution < -0.4 is 0 Å². The molecule has 0 heterocycles. The summed E-state index contributed by atoms with van der Waals surface area (Å²) in [5, 5.41) is 0. The van der Waals surface area contributed by atoms with Gasteiger partial charge < -0.3 is 0 Å². The van der Waals surface area contributed by atoms with E-state index in [1.165, 1.54) is 0 Å². The minimum Gasteiger partial charge on any atom is -0.299 e. The quantitative estimate of drug-likeness (QED) is 0.646. The summed E-state index contributed by atoms with van der Waals surface area (Å²) in [5.41, 5.74) is 4.74. The van der Waals surface area contributed by atoms with E-state index in [1.807, 2.05) is 78.9 Å². The van der Waals surface area contributed by atoms with Gasteiger partial charge in [-0.1, -0.05) is 60.2 Å². The molecule has 3 aromatic carbocycles. The predicted molar refractivity (Wildman–Crippen MR) is 106 cm³/mol. The molecule has 1 heteroatoms. The van der Waals surface area contributed by atoms with Crippen molar-refractivity contribution in [3.05, 3.63) is 107 Å². The molecule has 0 aromatic heterocycles. The van der Waals surface area contributed by atoms with E-state index < -0.39 is 0 Å². The molecule has 0 amide bonds. The molecule has 0 fully saturated rings. The fourth-order valence-electron chi connectivity index (χ4n) is 2.61. The van der Waals surface area contributed by atoms with Crippen molar-refractivity contribution >= 4 is 5.78 Å². The minimum absolute atomic E-state index is 0.182. The zero-order chi connectivity index (χ0) is 18.2. The highest BCUT2D eigenvalue weighted by atomic mass is 16.1. The van der Waals surface area contributed by atoms with Crippen LogP contribution in [0.2, 0.25) is 0 Å². The maximum atomic E-state index is 12.3. The summed E-state index contributed by atoms with van der Waals surface area (Å²) in [4.78, 5) is 12.3. The number of terminal acetylenes is 1. The number of carbonyl (C=O) groups excluding carboxylic acids is 1. The van der Waals surface area contributed by atoms with Crippen molar-refractivity contribution in [1.29, 1.82) is 0 Å². The van der Waals surface area contributed by atoms with Gasteiger partial charge in [-0.2, -0.15) is 0 Å². The van der Waals surface area contributed by atoms with Crippen molar-refractivity contribution in [3.63, 3.8) is 0 Å². The van der Waals surface area contributed by atoms with Gasteiger partial charge in [-0.3, -0.25) is 4.79 Å². The van der Waals surface area contributed by atoms with E-state index in [2.05, 4.69) is 17.8 Å². The summed E-state index contributed by atoms with van der Waals surface area (Å²) in [6.45, 7) is 0. The molecule has 0 N–H and O–H groups in total. The lowest BCUT2D eigenvalue weighted by Crippen LogP contribution is -2.06. The van der Waals surface area contributed by atoms with Gasteiger partial charge in [0.05, 0.1) is 0 Å². The van der Waals surface area contributed by atoms with Gasteiger partial charge in [-0.15, -0.1) is 6.42 Å². The van der Waals surface area contributed by atoms with E-state index in [0.29, 0.717) is 12.8 Å². The minimum atomic E-state index is 0.182. The molecule has 0 aliphatic rings. The van der Waals surface area contributed by atoms with Gasteiger partial charge in [0.1, 0.15) is 5.78 Å². The average molecular weight is 334 g/mol. The smallest absolute Gasteiger partial charge is 0.141 e. The molecular weight excluding hydrogens is 316 g/mol. The SMILES string of the molecule is C#Cc1ccc(CC(=O)Cc2ccc(C#Cc3ccccc3)cc2)cc1. The van der Waals surface area contributed by atoms with Crippen LogP contribution in [-0.2, 0) is 17.6 Å². The highest BCUT2D eigenvalue weighted by Crippen LogP contribution is 2.09. The highest BCUT2D eigenvalue weighted by Gasteiger charge is 2.05. The fourth-order valence-corrected chi connectivity index (χ4v) is 2.61. The number of Topliss-reactive ketones (excluding diaryl/α,β-unsaturated/α-hetero) is 1. The lowest BCUT2D eigenvalue weighted by Gasteiger charge is -2.03. The molecule has 0 unspecified atom stereocenters. The van der Waals surface area contributed by atoms with E-state index in [9.17, 15) is 4.79 Å². The van der Waals surface area contributed by atoms with Gasteiger partial charge in [-0.25, -0.2) is 0 Å². The Morgan fingerprint density at radius 1 is 0.654 bits per heavy atom. The first-order valence-corrected chi connectivity index (χ1v) is 8.46. The molecule has 0 saturated heterocycles. The Balaban J connectivity index is 1.59. The Morgan fingerprint density at radius 3 is 1.62 bits per heavy atom. The number of rotatable bonds is 4. The van der Waals surface area contributed by atoms with E-state index >= 15 is 0 Å². The molecule has 0 bridgehead atoms. The largest absolute Gasteiger partial charge is 0.299 e. The van der Waals surface area contributed by atoms with E-state index in [0.717, 1.165) is 27.8 Å². The Hall–Kier alpha value is -3.55. The zero-order valence-electron chi connectivity index (χ0n) is 14.4. The second-order valence-corrected chi connectivity index (χ2v) is 6.05. The first kappa shape index (κ1) is 17.3. The first-order chi connectivity index (χ1) is 12.7. The molecule has 1 nitrogen and oxygen atoms in total. The number of hydrogen-bond acceptors (Lipinski definition) is 1. The normalized spacial score (nSPS) is 9.65. The summed E-state index contributed by atoms with van der Waals surface area (Å²) in [6.07, 6.45) is 6.18. The highest BCUT2D eigenvalue weighted by molar-refractivity contribution is 5.83. The van der Waals surface area contributed by atoms with Crippen molar-refractivity contribution in [2.24, 2.45) is 0 Å². The summed E-state index contributed by atoms with van der Waals surface area (Å²) < 4.78 is 0. The third-order valence-electron chi connectivity index (χ3n) is 4.00. The standard InChI is InChI=1S/C25H18O/c1-2-20-8-14-23(15-9-20)18-25(26)19-24-16-12-22(13-17-24)11-10-21-6-4-3-5-7-21/h1,3-9,12-17H,18-19H2. The second kappa shape index (κ2) is 8.52. The maximum Gasteiger partial charge on any atom is 0.141 e. The summed E-state index contributed by atoms with van der Waals surface area (Å²) in [7, 11) is 0. The van der Waals surface area contributed by atoms with E-state index in [4.69, 9.17) is 6.42 Å². The van der Waals surface area contributed by atoms with Crippen molar-refractivity contribution in [3.8, 4) is 24.2 Å². The van der Waals surface area contributed by atoms with Gasteiger partial charge in [0, 0.05) is 29.5 Å². The molecule has 124 valence electrons. The molecule has 0 radical (unpaired) electrons. The van der Waals surface area contributed by atoms with Crippen LogP contribution in [0.5, 0.6) is 0 Å². The lowest BCUT2D eigenvalue weighted by atomic mass is 10.0. The third kappa shape index (κ3) is 4.97. The third-order valence-corrected chi connectivity index (χ3v) is 4.00. The van der Waals surface area contributed by atoms with Gasteiger partial charge in [0.15, 0.2) is 0 Å². The van der Waals surface area contributed by atoms with Crippen LogP contribution in [0.15, 0.2) is 78.9 Å². The van der Waals surface area contributed by atoms with Crippen LogP contribution in [0.3, 0.4) is 0 Å². The van der Waals surface area contributed by atoms with Crippen LogP contribution >= 0.6 is 0 Å². The van der Waals surface area contributed by atoms with Gasteiger partial charge >= 0.3 is 0 Å². The van der Waals surface area contributed by atoms with E-state index in [1.54, 1.807) is 0 Å². The maximum absolute atomic E-state index is 12.3. The van der Waals surface area contributed by atoms with Crippen molar-refractivity contribution < 1.29 is 4.79 Å². The summed E-state index contributed by atoms with van der Waals surface area (Å²) in [5.74, 6) is 9.03. The molecule has 0 atom stereocenters. The first-order valence-electron chi connectivity index (χ1n) is 8.46. The number of ketones is 1. The molecule has 0 saturated carbocycles. The van der Waals surface area contributed by atoms with Crippen LogP contribution in [0.25, 0.3) is 0 Å². The zero-order valence-corrected chi connectivity index (χ0v) is 14.4. The lowest BCUT2D eigenvalue weighted by molar-refractivity contribution is -0.117. The molecule has 26 heavy (non-hydrogen) atoms. The number of benzene rings is 3. The van der Waals surface area contributed by atoms with Crippen LogP contribution in [0.1, 0.15) is 27.8 Å². The molecule has 0 spiro atoms. The second-order valence-electron chi connectivity index (χ2n) is 6.05. The molecule has 0 aliphatic carbocycles. The number of carbonyl (C=O) groups is 1. The van der Waals surface area contributed by atoms with Crippen LogP contribution in [0, 0.1) is 24.2 Å². The predicted octanol–water partition coefficient (Wildman–Crippen LogP) is 4.42. The molecule has 3 aromatic rings. The Labute approximate surface area is 154 Å². The fraction of sp³-hybridized carbons (Fsp3) is 0.0800. The average Bonchev–Trinajstić information content (AvgIpc) is 2.69. The van der Waals surface area contributed by atoms with Gasteiger partial charge in [0.25, 0.3) is 0 Å². The molecular formula is C25H18O. The Kier molecular flexibility index (Phi) is 5.66.